The molecule has 0 atom stereocenters. The van der Waals surface area contributed by atoms with Gasteiger partial charge in [0.15, 0.2) is 0 Å². The Kier molecular flexibility index (Phi) is 5.15. The molecule has 2 rings (SSSR count). The van der Waals surface area contributed by atoms with Crippen molar-refractivity contribution in [1.82, 2.24) is 20.5 Å². The van der Waals surface area contributed by atoms with Crippen molar-refractivity contribution in [3.05, 3.63) is 11.6 Å². The van der Waals surface area contributed by atoms with E-state index >= 15 is 0 Å². The predicted molar refractivity (Wildman–Crippen MR) is 78.6 cm³/mol. The van der Waals surface area contributed by atoms with Crippen LogP contribution in [0.5, 0.6) is 0 Å². The van der Waals surface area contributed by atoms with Gasteiger partial charge in [0.25, 0.3) is 5.91 Å². The van der Waals surface area contributed by atoms with Crippen LogP contribution in [0, 0.1) is 5.92 Å². The molecule has 5 nitrogen and oxygen atoms in total. The second kappa shape index (κ2) is 6.86. The molecular formula is C15H26N4O. The van der Waals surface area contributed by atoms with Crippen LogP contribution in [-0.2, 0) is 0 Å². The maximum absolute atomic E-state index is 12.1. The molecule has 0 bridgehead atoms. The van der Waals surface area contributed by atoms with Gasteiger partial charge in [0, 0.05) is 12.0 Å². The highest BCUT2D eigenvalue weighted by Crippen LogP contribution is 2.27. The number of aromatic nitrogens is 3. The maximum atomic E-state index is 12.1. The zero-order chi connectivity index (χ0) is 14.5. The molecule has 2 N–H and O–H groups in total. The number of nitrogens with one attached hydrogen (secondary N) is 2. The van der Waals surface area contributed by atoms with E-state index in [0.29, 0.717) is 0 Å². The van der Waals surface area contributed by atoms with E-state index in [1.54, 1.807) is 0 Å². The molecular weight excluding hydrogens is 252 g/mol. The lowest BCUT2D eigenvalue weighted by Gasteiger charge is -2.28. The van der Waals surface area contributed by atoms with E-state index in [1.807, 2.05) is 13.8 Å². The largest absolute Gasteiger partial charge is 0.347 e. The summed E-state index contributed by atoms with van der Waals surface area (Å²) in [7, 11) is 0. The summed E-state index contributed by atoms with van der Waals surface area (Å²) in [5.41, 5.74) is 0. The maximum Gasteiger partial charge on any atom is 0.291 e. The second-order valence-electron chi connectivity index (χ2n) is 6.18. The molecule has 1 saturated carbocycles. The second-order valence-corrected chi connectivity index (χ2v) is 6.18. The van der Waals surface area contributed by atoms with Crippen LogP contribution in [0.3, 0.4) is 0 Å². The molecule has 112 valence electrons. The molecule has 1 amide bonds. The first kappa shape index (κ1) is 15.0. The van der Waals surface area contributed by atoms with Crippen molar-refractivity contribution in [2.75, 3.05) is 0 Å². The Balaban J connectivity index is 1.83. The Morgan fingerprint density at radius 3 is 2.60 bits per heavy atom. The van der Waals surface area contributed by atoms with Gasteiger partial charge in [-0.2, -0.15) is 0 Å². The van der Waals surface area contributed by atoms with Crippen LogP contribution in [0.25, 0.3) is 0 Å². The Morgan fingerprint density at radius 2 is 2.05 bits per heavy atom. The summed E-state index contributed by atoms with van der Waals surface area (Å²) >= 11 is 0. The monoisotopic (exact) mass is 278 g/mol. The molecule has 0 aliphatic heterocycles. The van der Waals surface area contributed by atoms with Gasteiger partial charge in [0.2, 0.25) is 5.82 Å². The smallest absolute Gasteiger partial charge is 0.291 e. The number of carbonyl (C=O) groups is 1. The molecule has 1 fully saturated rings. The lowest BCUT2D eigenvalue weighted by atomic mass is 9.83. The fourth-order valence-corrected chi connectivity index (χ4v) is 2.89. The standard InChI is InChI=1S/C15H26N4O/c1-4-5-11-6-8-12(9-7-11)16-15(20)14-17-13(10(2)3)18-19-14/h10-12H,4-9H2,1-3H3,(H,16,20)(H,17,18,19). The molecule has 0 aromatic carbocycles. The van der Waals surface area contributed by atoms with E-state index in [4.69, 9.17) is 0 Å². The molecule has 1 heterocycles. The third kappa shape index (κ3) is 3.81. The van der Waals surface area contributed by atoms with Gasteiger partial charge in [0.1, 0.15) is 5.82 Å². The molecule has 0 radical (unpaired) electrons. The summed E-state index contributed by atoms with van der Waals surface area (Å²) in [4.78, 5) is 16.3. The van der Waals surface area contributed by atoms with Gasteiger partial charge < -0.3 is 5.32 Å². The number of rotatable bonds is 5. The summed E-state index contributed by atoms with van der Waals surface area (Å²) in [6, 6.07) is 0.289. The van der Waals surface area contributed by atoms with Gasteiger partial charge in [0.05, 0.1) is 0 Å². The molecule has 1 aliphatic rings. The zero-order valence-electron chi connectivity index (χ0n) is 12.8. The summed E-state index contributed by atoms with van der Waals surface area (Å²) in [6.45, 7) is 6.29. The minimum absolute atomic E-state index is 0.146. The van der Waals surface area contributed by atoms with Crippen molar-refractivity contribution in [3.8, 4) is 0 Å². The average molecular weight is 278 g/mol. The highest BCUT2D eigenvalue weighted by molar-refractivity contribution is 5.90. The van der Waals surface area contributed by atoms with Crippen LogP contribution in [0.2, 0.25) is 0 Å². The van der Waals surface area contributed by atoms with Crippen molar-refractivity contribution in [2.45, 2.75) is 71.3 Å². The number of amides is 1. The highest BCUT2D eigenvalue weighted by atomic mass is 16.2. The zero-order valence-corrected chi connectivity index (χ0v) is 12.8. The van der Waals surface area contributed by atoms with Gasteiger partial charge in [-0.05, 0) is 31.6 Å². The molecule has 20 heavy (non-hydrogen) atoms. The summed E-state index contributed by atoms with van der Waals surface area (Å²) < 4.78 is 0. The highest BCUT2D eigenvalue weighted by Gasteiger charge is 2.23. The van der Waals surface area contributed by atoms with Crippen molar-refractivity contribution in [1.29, 1.82) is 0 Å². The summed E-state index contributed by atoms with van der Waals surface area (Å²) in [5, 5.41) is 9.89. The van der Waals surface area contributed by atoms with E-state index < -0.39 is 0 Å². The van der Waals surface area contributed by atoms with E-state index in [1.165, 1.54) is 25.7 Å². The van der Waals surface area contributed by atoms with Gasteiger partial charge >= 0.3 is 0 Å². The Morgan fingerprint density at radius 1 is 1.35 bits per heavy atom. The first-order valence-corrected chi connectivity index (χ1v) is 7.83. The molecule has 1 aromatic heterocycles. The fraction of sp³-hybridized carbons (Fsp3) is 0.800. The Labute approximate surface area is 120 Å². The number of H-pyrrole nitrogens is 1. The van der Waals surface area contributed by atoms with E-state index in [9.17, 15) is 4.79 Å². The van der Waals surface area contributed by atoms with Crippen molar-refractivity contribution < 1.29 is 4.79 Å². The van der Waals surface area contributed by atoms with Crippen LogP contribution in [0.4, 0.5) is 0 Å². The Bertz CT molecular complexity index is 433. The third-order valence-corrected chi connectivity index (χ3v) is 4.13. The van der Waals surface area contributed by atoms with Crippen LogP contribution in [0.1, 0.15) is 81.7 Å². The fourth-order valence-electron chi connectivity index (χ4n) is 2.89. The topological polar surface area (TPSA) is 70.7 Å². The first-order valence-electron chi connectivity index (χ1n) is 7.83. The van der Waals surface area contributed by atoms with Crippen molar-refractivity contribution in [2.24, 2.45) is 5.92 Å². The van der Waals surface area contributed by atoms with Crippen LogP contribution >= 0.6 is 0 Å². The average Bonchev–Trinajstić information content (AvgIpc) is 2.91. The van der Waals surface area contributed by atoms with Crippen LogP contribution in [-0.4, -0.2) is 27.1 Å². The normalized spacial score (nSPS) is 23.0. The lowest BCUT2D eigenvalue weighted by Crippen LogP contribution is -2.38. The molecule has 1 aliphatic carbocycles. The van der Waals surface area contributed by atoms with Gasteiger partial charge in [-0.3, -0.25) is 9.89 Å². The number of carbonyl (C=O) groups excluding carboxylic acids is 1. The number of aromatic amines is 1. The van der Waals surface area contributed by atoms with E-state index in [2.05, 4.69) is 27.4 Å². The van der Waals surface area contributed by atoms with E-state index in [-0.39, 0.29) is 23.7 Å². The summed E-state index contributed by atoms with van der Waals surface area (Å²) in [6.07, 6.45) is 7.19. The van der Waals surface area contributed by atoms with Crippen molar-refractivity contribution >= 4 is 5.91 Å². The van der Waals surface area contributed by atoms with Crippen LogP contribution < -0.4 is 5.32 Å². The number of hydrogen-bond donors (Lipinski definition) is 2. The molecule has 0 saturated heterocycles. The van der Waals surface area contributed by atoms with Crippen LogP contribution in [0.15, 0.2) is 0 Å². The number of hydrogen-bond acceptors (Lipinski definition) is 3. The summed E-state index contributed by atoms with van der Waals surface area (Å²) in [5.74, 6) is 2.00. The number of nitrogens with zero attached hydrogens (tertiary/aromatic N) is 2. The predicted octanol–water partition coefficient (Wildman–Crippen LogP) is 3.02. The quantitative estimate of drug-likeness (QED) is 0.869. The van der Waals surface area contributed by atoms with Gasteiger partial charge in [-0.25, -0.2) is 4.98 Å². The Hall–Kier alpha value is -1.39. The minimum atomic E-state index is -0.146. The first-order chi connectivity index (χ1) is 9.60. The van der Waals surface area contributed by atoms with Gasteiger partial charge in [-0.1, -0.05) is 33.6 Å². The third-order valence-electron chi connectivity index (χ3n) is 4.13. The van der Waals surface area contributed by atoms with E-state index in [0.717, 1.165) is 24.6 Å². The SMILES string of the molecule is CCCC1CCC(NC(=O)c2n[nH]c(C(C)C)n2)CC1. The van der Waals surface area contributed by atoms with Crippen molar-refractivity contribution in [3.63, 3.8) is 0 Å². The molecule has 0 spiro atoms. The molecule has 5 heteroatoms. The van der Waals surface area contributed by atoms with Gasteiger partial charge in [-0.15, -0.1) is 5.10 Å². The molecule has 1 aromatic rings. The lowest BCUT2D eigenvalue weighted by molar-refractivity contribution is 0.0911. The minimum Gasteiger partial charge on any atom is -0.347 e. The molecule has 0 unspecified atom stereocenters.